The monoisotopic (exact) mass is 307 g/mol. The van der Waals surface area contributed by atoms with E-state index in [1.807, 2.05) is 18.2 Å². The molecule has 1 saturated carbocycles. The fraction of sp³-hybridized carbons (Fsp3) is 0.588. The molecular formula is C17H22ClNO2. The number of hydrogen-bond donors (Lipinski definition) is 1. The van der Waals surface area contributed by atoms with Crippen LogP contribution in [0.3, 0.4) is 0 Å². The van der Waals surface area contributed by atoms with Gasteiger partial charge in [0.1, 0.15) is 12.4 Å². The van der Waals surface area contributed by atoms with Crippen LogP contribution >= 0.6 is 11.6 Å². The summed E-state index contributed by atoms with van der Waals surface area (Å²) in [6.45, 7) is 2.69. The molecule has 114 valence electrons. The highest BCUT2D eigenvalue weighted by Crippen LogP contribution is 2.30. The summed E-state index contributed by atoms with van der Waals surface area (Å²) < 4.78 is 5.71. The molecule has 1 aromatic carbocycles. The molecule has 21 heavy (non-hydrogen) atoms. The van der Waals surface area contributed by atoms with Crippen molar-refractivity contribution < 1.29 is 9.53 Å². The van der Waals surface area contributed by atoms with Crippen LogP contribution in [0.2, 0.25) is 5.02 Å². The first-order valence-corrected chi connectivity index (χ1v) is 8.23. The molecule has 3 nitrogen and oxygen atoms in total. The van der Waals surface area contributed by atoms with Crippen molar-refractivity contribution in [3.05, 3.63) is 28.8 Å². The highest BCUT2D eigenvalue weighted by atomic mass is 35.5. The van der Waals surface area contributed by atoms with Crippen LogP contribution in [0.1, 0.15) is 38.2 Å². The van der Waals surface area contributed by atoms with E-state index in [4.69, 9.17) is 16.3 Å². The van der Waals surface area contributed by atoms with E-state index in [-0.39, 0.29) is 11.8 Å². The van der Waals surface area contributed by atoms with Crippen molar-refractivity contribution in [2.24, 2.45) is 11.8 Å². The lowest BCUT2D eigenvalue weighted by Gasteiger charge is -2.32. The number of carbonyl (C=O) groups is 1. The number of rotatable bonds is 2. The van der Waals surface area contributed by atoms with E-state index in [9.17, 15) is 4.79 Å². The van der Waals surface area contributed by atoms with Gasteiger partial charge in [-0.2, -0.15) is 0 Å². The zero-order valence-electron chi connectivity index (χ0n) is 12.4. The minimum Gasteiger partial charge on any atom is -0.492 e. The number of ether oxygens (including phenoxy) is 1. The van der Waals surface area contributed by atoms with Gasteiger partial charge in [0.2, 0.25) is 5.91 Å². The van der Waals surface area contributed by atoms with Gasteiger partial charge < -0.3 is 10.1 Å². The van der Waals surface area contributed by atoms with Crippen LogP contribution < -0.4 is 10.1 Å². The second-order valence-corrected chi connectivity index (χ2v) is 6.78. The molecule has 1 amide bonds. The molecule has 1 aromatic rings. The molecular weight excluding hydrogens is 286 g/mol. The molecule has 1 aliphatic heterocycles. The largest absolute Gasteiger partial charge is 0.492 e. The number of fused-ring (bicyclic) bond motifs is 1. The summed E-state index contributed by atoms with van der Waals surface area (Å²) in [5.41, 5.74) is 1.03. The Labute approximate surface area is 131 Å². The van der Waals surface area contributed by atoms with E-state index in [0.29, 0.717) is 30.0 Å². The topological polar surface area (TPSA) is 38.3 Å². The summed E-state index contributed by atoms with van der Waals surface area (Å²) in [6, 6.07) is 5.94. The molecule has 0 aromatic heterocycles. The molecule has 3 rings (SSSR count). The van der Waals surface area contributed by atoms with E-state index in [1.54, 1.807) is 0 Å². The van der Waals surface area contributed by atoms with Gasteiger partial charge in [0.25, 0.3) is 0 Å². The van der Waals surface area contributed by atoms with Gasteiger partial charge in [0, 0.05) is 11.1 Å². The minimum absolute atomic E-state index is 0.106. The first-order valence-electron chi connectivity index (χ1n) is 7.85. The zero-order chi connectivity index (χ0) is 14.8. The summed E-state index contributed by atoms with van der Waals surface area (Å²) >= 11 is 6.02. The summed E-state index contributed by atoms with van der Waals surface area (Å²) in [7, 11) is 0. The number of halogens is 1. The number of carbonyl (C=O) groups excluding carboxylic acids is 1. The average Bonchev–Trinajstić information content (AvgIpc) is 2.48. The predicted octanol–water partition coefficient (Wildman–Crippen LogP) is 3.59. The van der Waals surface area contributed by atoms with Gasteiger partial charge in [-0.05, 0) is 48.9 Å². The van der Waals surface area contributed by atoms with Gasteiger partial charge in [-0.1, -0.05) is 31.4 Å². The fourth-order valence-electron chi connectivity index (χ4n) is 3.36. The lowest BCUT2D eigenvalue weighted by molar-refractivity contribution is -0.127. The highest BCUT2D eigenvalue weighted by molar-refractivity contribution is 6.30. The van der Waals surface area contributed by atoms with Crippen molar-refractivity contribution in [1.82, 2.24) is 5.32 Å². The molecule has 0 unspecified atom stereocenters. The first-order chi connectivity index (χ1) is 10.1. The Morgan fingerprint density at radius 2 is 2.14 bits per heavy atom. The Balaban J connectivity index is 1.63. The number of benzene rings is 1. The van der Waals surface area contributed by atoms with Gasteiger partial charge in [-0.25, -0.2) is 0 Å². The molecule has 1 fully saturated rings. The summed E-state index contributed by atoms with van der Waals surface area (Å²) in [5, 5.41) is 3.93. The number of nitrogens with one attached hydrogen (secondary N) is 1. The third-order valence-electron chi connectivity index (χ3n) is 4.74. The van der Waals surface area contributed by atoms with Crippen molar-refractivity contribution in [1.29, 1.82) is 0 Å². The molecule has 0 saturated heterocycles. The molecule has 3 atom stereocenters. The van der Waals surface area contributed by atoms with Crippen LogP contribution in [0.25, 0.3) is 0 Å². The lowest BCUT2D eigenvalue weighted by Crippen LogP contribution is -2.46. The van der Waals surface area contributed by atoms with Gasteiger partial charge in [0.05, 0.1) is 5.92 Å². The maximum Gasteiger partial charge on any atom is 0.227 e. The van der Waals surface area contributed by atoms with Gasteiger partial charge in [0.15, 0.2) is 0 Å². The van der Waals surface area contributed by atoms with Gasteiger partial charge in [-0.15, -0.1) is 0 Å². The van der Waals surface area contributed by atoms with Crippen LogP contribution in [-0.4, -0.2) is 18.6 Å². The van der Waals surface area contributed by atoms with Crippen molar-refractivity contribution in [2.45, 2.75) is 45.1 Å². The van der Waals surface area contributed by atoms with Crippen molar-refractivity contribution >= 4 is 17.5 Å². The van der Waals surface area contributed by atoms with E-state index in [2.05, 4.69) is 12.2 Å². The van der Waals surface area contributed by atoms with Crippen LogP contribution in [0, 0.1) is 11.8 Å². The summed E-state index contributed by atoms with van der Waals surface area (Å²) in [4.78, 5) is 12.5. The number of hydrogen-bond acceptors (Lipinski definition) is 2. The second kappa shape index (κ2) is 6.27. The Morgan fingerprint density at radius 3 is 2.95 bits per heavy atom. The van der Waals surface area contributed by atoms with Crippen LogP contribution in [0.5, 0.6) is 5.75 Å². The van der Waals surface area contributed by atoms with E-state index in [0.717, 1.165) is 17.7 Å². The molecule has 4 heteroatoms. The Bertz CT molecular complexity index is 532. The highest BCUT2D eigenvalue weighted by Gasteiger charge is 2.29. The molecule has 0 radical (unpaired) electrons. The second-order valence-electron chi connectivity index (χ2n) is 6.34. The third-order valence-corrected chi connectivity index (χ3v) is 4.97. The maximum atomic E-state index is 12.5. The number of amides is 1. The van der Waals surface area contributed by atoms with Crippen LogP contribution in [0.4, 0.5) is 0 Å². The standard InChI is InChI=1S/C17H22ClNO2/c1-11-4-2-3-5-15(11)19-17(20)13-8-12-9-14(18)6-7-16(12)21-10-13/h6-7,9,11,13,15H,2-5,8,10H2,1H3,(H,19,20)/t11-,13-,15-/m1/s1. The quantitative estimate of drug-likeness (QED) is 0.907. The first kappa shape index (κ1) is 14.7. The molecule has 1 heterocycles. The predicted molar refractivity (Wildman–Crippen MR) is 83.7 cm³/mol. The maximum absolute atomic E-state index is 12.5. The van der Waals surface area contributed by atoms with Crippen molar-refractivity contribution in [3.8, 4) is 5.75 Å². The zero-order valence-corrected chi connectivity index (χ0v) is 13.2. The van der Waals surface area contributed by atoms with Crippen molar-refractivity contribution in [2.75, 3.05) is 6.61 Å². The third kappa shape index (κ3) is 3.34. The molecule has 0 spiro atoms. The smallest absolute Gasteiger partial charge is 0.227 e. The Kier molecular flexibility index (Phi) is 4.39. The molecule has 0 bridgehead atoms. The van der Waals surface area contributed by atoms with Gasteiger partial charge in [-0.3, -0.25) is 4.79 Å². The Hall–Kier alpha value is -1.22. The summed E-state index contributed by atoms with van der Waals surface area (Å²) in [6.07, 6.45) is 5.52. The Morgan fingerprint density at radius 1 is 1.33 bits per heavy atom. The summed E-state index contributed by atoms with van der Waals surface area (Å²) in [5.74, 6) is 1.45. The van der Waals surface area contributed by atoms with Crippen LogP contribution in [0.15, 0.2) is 18.2 Å². The van der Waals surface area contributed by atoms with E-state index >= 15 is 0 Å². The lowest BCUT2D eigenvalue weighted by atomic mass is 9.85. The molecule has 1 aliphatic carbocycles. The van der Waals surface area contributed by atoms with Crippen LogP contribution in [-0.2, 0) is 11.2 Å². The fourth-order valence-corrected chi connectivity index (χ4v) is 3.56. The normalized spacial score (nSPS) is 28.4. The van der Waals surface area contributed by atoms with Gasteiger partial charge >= 0.3 is 0 Å². The van der Waals surface area contributed by atoms with Crippen molar-refractivity contribution in [3.63, 3.8) is 0 Å². The minimum atomic E-state index is -0.106. The van der Waals surface area contributed by atoms with E-state index < -0.39 is 0 Å². The van der Waals surface area contributed by atoms with E-state index in [1.165, 1.54) is 19.3 Å². The average molecular weight is 308 g/mol. The molecule has 2 aliphatic rings. The molecule has 1 N–H and O–H groups in total. The SMILES string of the molecule is C[C@@H]1CCCC[C@H]1NC(=O)[C@H]1COc2ccc(Cl)cc2C1.